The molecule has 3 nitrogen and oxygen atoms in total. The van der Waals surface area contributed by atoms with Gasteiger partial charge in [0.1, 0.15) is 0 Å². The molecule has 1 aliphatic rings. The fourth-order valence-electron chi connectivity index (χ4n) is 0.997. The second-order valence-electron chi connectivity index (χ2n) is 2.53. The van der Waals surface area contributed by atoms with Crippen LogP contribution in [0.3, 0.4) is 0 Å². The highest BCUT2D eigenvalue weighted by atomic mass is 16.5. The van der Waals surface area contributed by atoms with Crippen molar-refractivity contribution in [1.29, 1.82) is 0 Å². The average molecular weight is 165 g/mol. The number of carbonyl (C=O) groups is 1. The number of methoxy groups -OCH3 is 1. The van der Waals surface area contributed by atoms with Gasteiger partial charge in [-0.2, -0.15) is 0 Å². The topological polar surface area (TPSA) is 52.3 Å². The Hall–Kier alpha value is -1.51. The van der Waals surface area contributed by atoms with Crippen molar-refractivity contribution >= 4 is 5.97 Å². The van der Waals surface area contributed by atoms with E-state index in [0.717, 1.165) is 5.57 Å². The fraction of sp³-hybridized carbons (Fsp3) is 0.222. The van der Waals surface area contributed by atoms with E-state index in [9.17, 15) is 4.79 Å². The van der Waals surface area contributed by atoms with Gasteiger partial charge in [-0.1, -0.05) is 12.7 Å². The Kier molecular flexibility index (Phi) is 2.33. The van der Waals surface area contributed by atoms with Gasteiger partial charge in [0, 0.05) is 5.70 Å². The summed E-state index contributed by atoms with van der Waals surface area (Å²) in [5.41, 5.74) is 7.22. The molecule has 0 aromatic heterocycles. The van der Waals surface area contributed by atoms with Gasteiger partial charge < -0.3 is 10.5 Å². The predicted molar refractivity (Wildman–Crippen MR) is 46.1 cm³/mol. The molecule has 0 unspecified atom stereocenters. The van der Waals surface area contributed by atoms with Crippen LogP contribution in [0, 0.1) is 0 Å². The summed E-state index contributed by atoms with van der Waals surface area (Å²) < 4.78 is 4.54. The molecule has 2 N–H and O–H groups in total. The van der Waals surface area contributed by atoms with Crippen LogP contribution in [0.5, 0.6) is 0 Å². The fourth-order valence-corrected chi connectivity index (χ4v) is 0.997. The van der Waals surface area contributed by atoms with Gasteiger partial charge in [0.15, 0.2) is 0 Å². The van der Waals surface area contributed by atoms with Crippen LogP contribution in [0.4, 0.5) is 0 Å². The average Bonchev–Trinajstić information content (AvgIpc) is 2.08. The summed E-state index contributed by atoms with van der Waals surface area (Å²) in [5.74, 6) is -0.412. The van der Waals surface area contributed by atoms with Crippen LogP contribution >= 0.6 is 0 Å². The van der Waals surface area contributed by atoms with Crippen molar-refractivity contribution in [3.8, 4) is 0 Å². The minimum atomic E-state index is -0.412. The standard InChI is InChI=1S/C9H11NO2/c1-6-4-3-5-7(8(6)10)9(11)12-2/h3,5H,1,4,10H2,2H3. The van der Waals surface area contributed by atoms with E-state index in [1.807, 2.05) is 6.08 Å². The number of nitrogens with two attached hydrogens (primary N) is 1. The summed E-state index contributed by atoms with van der Waals surface area (Å²) in [4.78, 5) is 11.1. The molecule has 0 bridgehead atoms. The first-order chi connectivity index (χ1) is 5.66. The Morgan fingerprint density at radius 2 is 2.42 bits per heavy atom. The summed E-state index contributed by atoms with van der Waals surface area (Å²) in [6, 6.07) is 0. The van der Waals surface area contributed by atoms with Gasteiger partial charge in [0.05, 0.1) is 12.7 Å². The first kappa shape index (κ1) is 8.59. The lowest BCUT2D eigenvalue weighted by Crippen LogP contribution is -2.14. The van der Waals surface area contributed by atoms with Crippen LogP contribution in [0.1, 0.15) is 6.42 Å². The number of rotatable bonds is 1. The van der Waals surface area contributed by atoms with Gasteiger partial charge in [-0.3, -0.25) is 0 Å². The highest BCUT2D eigenvalue weighted by molar-refractivity contribution is 5.93. The number of hydrogen-bond acceptors (Lipinski definition) is 3. The largest absolute Gasteiger partial charge is 0.465 e. The molecule has 12 heavy (non-hydrogen) atoms. The SMILES string of the molecule is C=C1CC=CC(C(=O)OC)=C1N. The van der Waals surface area contributed by atoms with E-state index in [1.165, 1.54) is 7.11 Å². The van der Waals surface area contributed by atoms with E-state index >= 15 is 0 Å². The molecule has 0 heterocycles. The summed E-state index contributed by atoms with van der Waals surface area (Å²) >= 11 is 0. The zero-order chi connectivity index (χ0) is 9.14. The van der Waals surface area contributed by atoms with Crippen LogP contribution in [-0.2, 0) is 9.53 Å². The summed E-state index contributed by atoms with van der Waals surface area (Å²) in [7, 11) is 1.33. The van der Waals surface area contributed by atoms with Crippen LogP contribution in [0.15, 0.2) is 35.6 Å². The van der Waals surface area contributed by atoms with Crippen LogP contribution < -0.4 is 5.73 Å². The maximum absolute atomic E-state index is 11.1. The first-order valence-corrected chi connectivity index (χ1v) is 3.59. The monoisotopic (exact) mass is 165 g/mol. The molecule has 0 aromatic carbocycles. The Bertz CT molecular complexity index is 287. The number of carbonyl (C=O) groups excluding carboxylic acids is 1. The van der Waals surface area contributed by atoms with Gasteiger partial charge >= 0.3 is 5.97 Å². The van der Waals surface area contributed by atoms with E-state index in [0.29, 0.717) is 17.7 Å². The van der Waals surface area contributed by atoms with Gasteiger partial charge in [0.25, 0.3) is 0 Å². The van der Waals surface area contributed by atoms with E-state index in [4.69, 9.17) is 5.73 Å². The molecule has 0 amide bonds. The molecule has 0 aromatic rings. The molecule has 0 radical (unpaired) electrons. The van der Waals surface area contributed by atoms with Crippen molar-refractivity contribution in [2.75, 3.05) is 7.11 Å². The second-order valence-corrected chi connectivity index (χ2v) is 2.53. The van der Waals surface area contributed by atoms with Crippen LogP contribution in [0.25, 0.3) is 0 Å². The predicted octanol–water partition coefficient (Wildman–Crippen LogP) is 0.888. The summed E-state index contributed by atoms with van der Waals surface area (Å²) in [6.07, 6.45) is 4.20. The first-order valence-electron chi connectivity index (χ1n) is 3.59. The Labute approximate surface area is 71.2 Å². The Morgan fingerprint density at radius 1 is 1.75 bits per heavy atom. The number of esters is 1. The van der Waals surface area contributed by atoms with E-state index in [-0.39, 0.29) is 0 Å². The van der Waals surface area contributed by atoms with Crippen molar-refractivity contribution in [2.45, 2.75) is 6.42 Å². The van der Waals surface area contributed by atoms with Crippen molar-refractivity contribution in [1.82, 2.24) is 0 Å². The van der Waals surface area contributed by atoms with Crippen LogP contribution in [-0.4, -0.2) is 13.1 Å². The third kappa shape index (κ3) is 1.39. The molecule has 0 fully saturated rings. The third-order valence-electron chi connectivity index (χ3n) is 1.73. The number of ether oxygens (including phenoxy) is 1. The molecule has 0 saturated carbocycles. The van der Waals surface area contributed by atoms with Crippen molar-refractivity contribution in [2.24, 2.45) is 5.73 Å². The molecule has 1 aliphatic carbocycles. The zero-order valence-electron chi connectivity index (χ0n) is 6.96. The molecule has 0 spiro atoms. The highest BCUT2D eigenvalue weighted by Crippen LogP contribution is 2.19. The van der Waals surface area contributed by atoms with Gasteiger partial charge in [-0.25, -0.2) is 4.79 Å². The number of allylic oxidation sites excluding steroid dienone is 2. The molecule has 0 atom stereocenters. The third-order valence-corrected chi connectivity index (χ3v) is 1.73. The van der Waals surface area contributed by atoms with Crippen molar-refractivity contribution < 1.29 is 9.53 Å². The van der Waals surface area contributed by atoms with Crippen molar-refractivity contribution in [3.63, 3.8) is 0 Å². The quantitative estimate of drug-likeness (QED) is 0.587. The molecular weight excluding hydrogens is 154 g/mol. The second kappa shape index (κ2) is 3.26. The molecule has 64 valence electrons. The lowest BCUT2D eigenvalue weighted by atomic mass is 10.00. The number of hydrogen-bond donors (Lipinski definition) is 1. The van der Waals surface area contributed by atoms with Gasteiger partial charge in [0.2, 0.25) is 0 Å². The lowest BCUT2D eigenvalue weighted by Gasteiger charge is -2.12. The molecule has 0 aliphatic heterocycles. The van der Waals surface area contributed by atoms with E-state index < -0.39 is 5.97 Å². The molecule has 3 heteroatoms. The maximum Gasteiger partial charge on any atom is 0.339 e. The summed E-state index contributed by atoms with van der Waals surface area (Å²) in [6.45, 7) is 3.72. The van der Waals surface area contributed by atoms with E-state index in [2.05, 4.69) is 11.3 Å². The minimum Gasteiger partial charge on any atom is -0.465 e. The maximum atomic E-state index is 11.1. The molecule has 1 rings (SSSR count). The van der Waals surface area contributed by atoms with Gasteiger partial charge in [-0.05, 0) is 18.1 Å². The lowest BCUT2D eigenvalue weighted by molar-refractivity contribution is -0.135. The van der Waals surface area contributed by atoms with Crippen molar-refractivity contribution in [3.05, 3.63) is 35.6 Å². The molecule has 0 saturated heterocycles. The zero-order valence-corrected chi connectivity index (χ0v) is 6.96. The van der Waals surface area contributed by atoms with Crippen LogP contribution in [0.2, 0.25) is 0 Å². The van der Waals surface area contributed by atoms with Gasteiger partial charge in [-0.15, -0.1) is 0 Å². The Balaban J connectivity index is 3.01. The smallest absolute Gasteiger partial charge is 0.339 e. The normalized spacial score (nSPS) is 16.6. The highest BCUT2D eigenvalue weighted by Gasteiger charge is 2.15. The molecular formula is C9H11NO2. The summed E-state index contributed by atoms with van der Waals surface area (Å²) in [5, 5.41) is 0. The Morgan fingerprint density at radius 3 is 3.00 bits per heavy atom. The van der Waals surface area contributed by atoms with E-state index in [1.54, 1.807) is 6.08 Å². The minimum absolute atomic E-state index is 0.397.